The molecule has 0 unspecified atom stereocenters. The standard InChI is InChI=1S/C31H30FN3O5S/c1-33-31(37)29(20-23-8-4-2-5-9-23)35(21-24-10-6-3-7-11-24)30(36)22-40-27-16-18-28(19-17-27)41(38,39)34-26-14-12-25(32)13-15-26/h2-19,29,34H,20-22H2,1H3,(H,33,37)/t29-/m0/s1. The van der Waals surface area contributed by atoms with Gasteiger partial charge in [-0.2, -0.15) is 0 Å². The monoisotopic (exact) mass is 575 g/mol. The molecule has 2 amide bonds. The van der Waals surface area contributed by atoms with Crippen LogP contribution in [0.4, 0.5) is 10.1 Å². The molecule has 0 aliphatic rings. The number of nitrogens with zero attached hydrogens (tertiary/aromatic N) is 1. The first kappa shape index (κ1) is 29.3. The van der Waals surface area contributed by atoms with E-state index in [9.17, 15) is 22.4 Å². The zero-order chi connectivity index (χ0) is 29.2. The number of hydrogen-bond donors (Lipinski definition) is 2. The van der Waals surface area contributed by atoms with Crippen LogP contribution in [0.2, 0.25) is 0 Å². The van der Waals surface area contributed by atoms with E-state index in [0.717, 1.165) is 23.3 Å². The third-order valence-corrected chi connectivity index (χ3v) is 7.70. The Morgan fingerprint density at radius 2 is 1.41 bits per heavy atom. The summed E-state index contributed by atoms with van der Waals surface area (Å²) in [6.45, 7) is -0.171. The molecule has 0 fully saturated rings. The molecular weight excluding hydrogens is 545 g/mol. The van der Waals surface area contributed by atoms with Crippen LogP contribution >= 0.6 is 0 Å². The predicted octanol–water partition coefficient (Wildman–Crippen LogP) is 4.39. The van der Waals surface area contributed by atoms with Gasteiger partial charge in [0.15, 0.2) is 6.61 Å². The van der Waals surface area contributed by atoms with Crippen LogP contribution in [0.5, 0.6) is 5.75 Å². The maximum atomic E-state index is 13.5. The van der Waals surface area contributed by atoms with Gasteiger partial charge in [0.25, 0.3) is 15.9 Å². The Bertz CT molecular complexity index is 1550. The molecular formula is C31H30FN3O5S. The van der Waals surface area contributed by atoms with Crippen molar-refractivity contribution >= 4 is 27.5 Å². The van der Waals surface area contributed by atoms with Crippen molar-refractivity contribution in [2.45, 2.75) is 23.9 Å². The number of hydrogen-bond acceptors (Lipinski definition) is 5. The number of carbonyl (C=O) groups is 2. The van der Waals surface area contributed by atoms with Crippen LogP contribution in [0.15, 0.2) is 114 Å². The number of anilines is 1. The summed E-state index contributed by atoms with van der Waals surface area (Å²) in [6, 6.07) is 28.5. The zero-order valence-electron chi connectivity index (χ0n) is 22.4. The van der Waals surface area contributed by atoms with E-state index in [-0.39, 0.29) is 35.4 Å². The minimum absolute atomic E-state index is 0.0336. The Labute approximate surface area is 238 Å². The van der Waals surface area contributed by atoms with Crippen LogP contribution in [0.1, 0.15) is 11.1 Å². The van der Waals surface area contributed by atoms with E-state index in [0.29, 0.717) is 6.42 Å². The van der Waals surface area contributed by atoms with E-state index in [1.165, 1.54) is 48.3 Å². The Morgan fingerprint density at radius 1 is 0.829 bits per heavy atom. The molecule has 2 N–H and O–H groups in total. The van der Waals surface area contributed by atoms with Crippen molar-refractivity contribution < 1.29 is 27.1 Å². The predicted molar refractivity (Wildman–Crippen MR) is 154 cm³/mol. The molecule has 1 atom stereocenters. The summed E-state index contributed by atoms with van der Waals surface area (Å²) in [6.07, 6.45) is 0.312. The number of sulfonamides is 1. The average molecular weight is 576 g/mol. The van der Waals surface area contributed by atoms with Crippen molar-refractivity contribution in [3.05, 3.63) is 126 Å². The number of nitrogens with one attached hydrogen (secondary N) is 2. The molecule has 0 radical (unpaired) electrons. The minimum atomic E-state index is -3.92. The maximum Gasteiger partial charge on any atom is 0.261 e. The Balaban J connectivity index is 1.48. The summed E-state index contributed by atoms with van der Waals surface area (Å²) < 4.78 is 46.6. The smallest absolute Gasteiger partial charge is 0.261 e. The third-order valence-electron chi connectivity index (χ3n) is 6.31. The van der Waals surface area contributed by atoms with Crippen LogP contribution in [0.3, 0.4) is 0 Å². The molecule has 41 heavy (non-hydrogen) atoms. The van der Waals surface area contributed by atoms with Crippen molar-refractivity contribution in [2.75, 3.05) is 18.4 Å². The van der Waals surface area contributed by atoms with Gasteiger partial charge in [-0.25, -0.2) is 12.8 Å². The molecule has 0 spiro atoms. The second kappa shape index (κ2) is 13.6. The molecule has 10 heteroatoms. The molecule has 4 rings (SSSR count). The van der Waals surface area contributed by atoms with E-state index in [2.05, 4.69) is 10.0 Å². The third kappa shape index (κ3) is 8.15. The lowest BCUT2D eigenvalue weighted by atomic mass is 10.0. The average Bonchev–Trinajstić information content (AvgIpc) is 2.99. The van der Waals surface area contributed by atoms with E-state index in [4.69, 9.17) is 4.74 Å². The summed E-state index contributed by atoms with van der Waals surface area (Å²) in [4.78, 5) is 28.0. The van der Waals surface area contributed by atoms with E-state index in [1.54, 1.807) is 0 Å². The fourth-order valence-corrected chi connectivity index (χ4v) is 5.23. The number of carbonyl (C=O) groups excluding carboxylic acids is 2. The summed E-state index contributed by atoms with van der Waals surface area (Å²) in [5.74, 6) is -0.916. The quantitative estimate of drug-likeness (QED) is 0.261. The fourth-order valence-electron chi connectivity index (χ4n) is 4.18. The minimum Gasteiger partial charge on any atom is -0.484 e. The fraction of sp³-hybridized carbons (Fsp3) is 0.161. The van der Waals surface area contributed by atoms with Gasteiger partial charge in [-0.15, -0.1) is 0 Å². The lowest BCUT2D eigenvalue weighted by Crippen LogP contribution is -2.51. The number of rotatable bonds is 12. The van der Waals surface area contributed by atoms with Crippen molar-refractivity contribution in [3.8, 4) is 5.75 Å². The highest BCUT2D eigenvalue weighted by Gasteiger charge is 2.30. The molecule has 0 aliphatic carbocycles. The van der Waals surface area contributed by atoms with Crippen molar-refractivity contribution in [2.24, 2.45) is 0 Å². The van der Waals surface area contributed by atoms with Gasteiger partial charge in [-0.1, -0.05) is 60.7 Å². The van der Waals surface area contributed by atoms with Crippen molar-refractivity contribution in [1.82, 2.24) is 10.2 Å². The molecule has 0 bridgehead atoms. The van der Waals surface area contributed by atoms with Crippen molar-refractivity contribution in [1.29, 1.82) is 0 Å². The molecule has 0 aliphatic heterocycles. The lowest BCUT2D eigenvalue weighted by molar-refractivity contribution is -0.142. The summed E-state index contributed by atoms with van der Waals surface area (Å²) >= 11 is 0. The molecule has 0 heterocycles. The molecule has 0 saturated heterocycles. The van der Waals surface area contributed by atoms with Gasteiger partial charge in [0.05, 0.1) is 4.90 Å². The van der Waals surface area contributed by atoms with Gasteiger partial charge in [0.2, 0.25) is 5.91 Å². The largest absolute Gasteiger partial charge is 0.484 e. The van der Waals surface area contributed by atoms with Gasteiger partial charge < -0.3 is 15.0 Å². The van der Waals surface area contributed by atoms with Crippen LogP contribution in [0, 0.1) is 5.82 Å². The molecule has 0 aromatic heterocycles. The number of halogens is 1. The summed E-state index contributed by atoms with van der Waals surface area (Å²) in [5, 5.41) is 2.67. The molecule has 4 aromatic carbocycles. The first-order valence-electron chi connectivity index (χ1n) is 12.9. The van der Waals surface area contributed by atoms with Gasteiger partial charge in [-0.3, -0.25) is 14.3 Å². The molecule has 0 saturated carbocycles. The molecule has 8 nitrogen and oxygen atoms in total. The topological polar surface area (TPSA) is 105 Å². The molecule has 212 valence electrons. The number of likely N-dealkylation sites (N-methyl/N-ethyl adjacent to an activating group) is 1. The normalized spacial score (nSPS) is 11.8. The second-order valence-corrected chi connectivity index (χ2v) is 10.9. The van der Waals surface area contributed by atoms with Gasteiger partial charge in [-0.05, 0) is 59.7 Å². The van der Waals surface area contributed by atoms with Crippen LogP contribution in [-0.2, 0) is 32.6 Å². The SMILES string of the molecule is CNC(=O)[C@H](Cc1ccccc1)N(Cc1ccccc1)C(=O)COc1ccc(S(=O)(=O)Nc2ccc(F)cc2)cc1. The Kier molecular flexibility index (Phi) is 9.70. The highest BCUT2D eigenvalue weighted by atomic mass is 32.2. The van der Waals surface area contributed by atoms with Crippen LogP contribution in [0.25, 0.3) is 0 Å². The first-order chi connectivity index (χ1) is 19.7. The highest BCUT2D eigenvalue weighted by molar-refractivity contribution is 7.92. The molecule has 4 aromatic rings. The number of amides is 2. The van der Waals surface area contributed by atoms with Gasteiger partial charge in [0.1, 0.15) is 17.6 Å². The Morgan fingerprint density at radius 3 is 2.00 bits per heavy atom. The van der Waals surface area contributed by atoms with Crippen LogP contribution < -0.4 is 14.8 Å². The van der Waals surface area contributed by atoms with Gasteiger partial charge >= 0.3 is 0 Å². The highest BCUT2D eigenvalue weighted by Crippen LogP contribution is 2.21. The summed E-state index contributed by atoms with van der Waals surface area (Å²) in [5.41, 5.74) is 1.97. The van der Waals surface area contributed by atoms with Crippen LogP contribution in [-0.4, -0.2) is 44.8 Å². The summed E-state index contributed by atoms with van der Waals surface area (Å²) in [7, 11) is -2.39. The van der Waals surface area contributed by atoms with E-state index < -0.39 is 27.8 Å². The number of ether oxygens (including phenoxy) is 1. The Hall–Kier alpha value is -4.70. The number of benzene rings is 4. The lowest BCUT2D eigenvalue weighted by Gasteiger charge is -2.31. The van der Waals surface area contributed by atoms with Crippen molar-refractivity contribution in [3.63, 3.8) is 0 Å². The van der Waals surface area contributed by atoms with E-state index in [1.807, 2.05) is 60.7 Å². The first-order valence-corrected chi connectivity index (χ1v) is 14.3. The van der Waals surface area contributed by atoms with E-state index >= 15 is 0 Å². The maximum absolute atomic E-state index is 13.5. The zero-order valence-corrected chi connectivity index (χ0v) is 23.2. The van der Waals surface area contributed by atoms with Gasteiger partial charge in [0, 0.05) is 25.7 Å². The second-order valence-electron chi connectivity index (χ2n) is 9.20.